The Balaban J connectivity index is 1.71. The van der Waals surface area contributed by atoms with Gasteiger partial charge in [-0.1, -0.05) is 6.08 Å². The van der Waals surface area contributed by atoms with E-state index in [-0.39, 0.29) is 12.4 Å². The molecule has 0 spiro atoms. The van der Waals surface area contributed by atoms with Gasteiger partial charge < -0.3 is 15.8 Å². The van der Waals surface area contributed by atoms with Gasteiger partial charge in [0, 0.05) is 41.9 Å². The molecule has 0 aliphatic heterocycles. The van der Waals surface area contributed by atoms with E-state index in [1.54, 1.807) is 16.9 Å². The monoisotopic (exact) mass is 449 g/mol. The first-order valence-corrected chi connectivity index (χ1v) is 11.3. The first kappa shape index (κ1) is 21.4. The lowest BCUT2D eigenvalue weighted by atomic mass is 10.00. The number of nitrogens with one attached hydrogen (secondary N) is 1. The van der Waals surface area contributed by atoms with Crippen molar-refractivity contribution in [1.82, 2.24) is 29.5 Å². The Morgan fingerprint density at radius 3 is 2.70 bits per heavy atom. The zero-order chi connectivity index (χ0) is 23.1. The molecule has 0 atom stereocenters. The maximum absolute atomic E-state index is 13.6. The second-order valence-electron chi connectivity index (χ2n) is 8.79. The van der Waals surface area contributed by atoms with Crippen molar-refractivity contribution in [1.29, 1.82) is 0 Å². The van der Waals surface area contributed by atoms with Crippen molar-refractivity contribution in [3.05, 3.63) is 59.0 Å². The van der Waals surface area contributed by atoms with Crippen LogP contribution in [-0.4, -0.2) is 34.6 Å². The lowest BCUT2D eigenvalue weighted by Gasteiger charge is -2.08. The molecule has 3 heterocycles. The zero-order valence-corrected chi connectivity index (χ0v) is 18.8. The fourth-order valence-corrected chi connectivity index (χ4v) is 4.27. The SMILES string of the molecule is Cc1nn(-c2cc(N)[nH]c3c(ccn2)c(C2=CC=C(F)CC2)nn3CC2CC2)c(C)c1CO. The van der Waals surface area contributed by atoms with Crippen LogP contribution in [0.25, 0.3) is 22.4 Å². The fourth-order valence-electron chi connectivity index (χ4n) is 4.27. The van der Waals surface area contributed by atoms with E-state index < -0.39 is 0 Å². The molecule has 1 saturated carbocycles. The fraction of sp³-hybridized carbons (Fsp3) is 0.375. The van der Waals surface area contributed by atoms with Crippen LogP contribution in [0.1, 0.15) is 48.3 Å². The summed E-state index contributed by atoms with van der Waals surface area (Å²) in [6.45, 7) is 4.47. The highest BCUT2D eigenvalue weighted by Crippen LogP contribution is 2.34. The summed E-state index contributed by atoms with van der Waals surface area (Å²) < 4.78 is 17.3. The molecule has 4 N–H and O–H groups in total. The lowest BCUT2D eigenvalue weighted by molar-refractivity contribution is 0.280. The van der Waals surface area contributed by atoms with Gasteiger partial charge >= 0.3 is 0 Å². The van der Waals surface area contributed by atoms with E-state index in [2.05, 4.69) is 15.1 Å². The molecule has 0 aromatic carbocycles. The minimum absolute atomic E-state index is 0.0891. The standard InChI is InChI=1S/C24H28FN7O/c1-14-20(13-33)15(2)32(29-14)22-11-21(26)28-24-19(9-10-27-22)23(17-5-7-18(25)8-6-17)30-31(24)12-16-3-4-16/h5,7,9-11,16,28,33H,3-4,6,8,12-13,26H2,1-2H3. The molecule has 172 valence electrons. The molecule has 0 bridgehead atoms. The number of nitrogens with zero attached hydrogens (tertiary/aromatic N) is 5. The second-order valence-corrected chi connectivity index (χ2v) is 8.79. The summed E-state index contributed by atoms with van der Waals surface area (Å²) in [6.07, 6.45) is 8.40. The van der Waals surface area contributed by atoms with Crippen LogP contribution in [0.5, 0.6) is 0 Å². The molecule has 3 aromatic heterocycles. The van der Waals surface area contributed by atoms with Crippen molar-refractivity contribution < 1.29 is 9.50 Å². The first-order valence-electron chi connectivity index (χ1n) is 11.3. The molecule has 5 rings (SSSR count). The van der Waals surface area contributed by atoms with Gasteiger partial charge in [0.1, 0.15) is 17.3 Å². The van der Waals surface area contributed by atoms with Crippen LogP contribution in [0.4, 0.5) is 10.2 Å². The van der Waals surface area contributed by atoms with Gasteiger partial charge in [-0.2, -0.15) is 10.2 Å². The lowest BCUT2D eigenvalue weighted by Crippen LogP contribution is -2.04. The van der Waals surface area contributed by atoms with Crippen molar-refractivity contribution >= 4 is 22.4 Å². The number of aliphatic hydroxyl groups is 1. The minimum Gasteiger partial charge on any atom is -0.392 e. The van der Waals surface area contributed by atoms with E-state index >= 15 is 0 Å². The Morgan fingerprint density at radius 1 is 1.21 bits per heavy atom. The van der Waals surface area contributed by atoms with Gasteiger partial charge in [0.05, 0.1) is 18.0 Å². The number of anilines is 1. The normalized spacial score (nSPS) is 16.0. The van der Waals surface area contributed by atoms with Crippen molar-refractivity contribution in [3.63, 3.8) is 0 Å². The van der Waals surface area contributed by atoms with Crippen LogP contribution < -0.4 is 5.73 Å². The van der Waals surface area contributed by atoms with Gasteiger partial charge in [0.2, 0.25) is 0 Å². The number of aliphatic hydroxyl groups excluding tert-OH is 1. The molecule has 9 heteroatoms. The second kappa shape index (κ2) is 8.47. The molecule has 0 radical (unpaired) electrons. The average Bonchev–Trinajstić information content (AvgIpc) is 3.46. The summed E-state index contributed by atoms with van der Waals surface area (Å²) in [5, 5.41) is 20.0. The van der Waals surface area contributed by atoms with Gasteiger partial charge in [-0.25, -0.2) is 18.7 Å². The van der Waals surface area contributed by atoms with E-state index in [9.17, 15) is 9.50 Å². The Morgan fingerprint density at radius 2 is 2.03 bits per heavy atom. The molecule has 1 fully saturated rings. The number of aromatic amines is 1. The van der Waals surface area contributed by atoms with Gasteiger partial charge in [-0.3, -0.25) is 0 Å². The maximum Gasteiger partial charge on any atom is 0.157 e. The number of halogens is 1. The van der Waals surface area contributed by atoms with Crippen LogP contribution in [0.3, 0.4) is 0 Å². The van der Waals surface area contributed by atoms with E-state index in [0.29, 0.717) is 30.4 Å². The molecule has 3 aromatic rings. The van der Waals surface area contributed by atoms with Crippen molar-refractivity contribution in [2.75, 3.05) is 5.73 Å². The molecule has 8 nitrogen and oxygen atoms in total. The van der Waals surface area contributed by atoms with Gasteiger partial charge in [0.25, 0.3) is 0 Å². The third-order valence-electron chi connectivity index (χ3n) is 6.33. The Hall–Kier alpha value is -3.46. The number of hydrogen-bond acceptors (Lipinski definition) is 5. The molecular weight excluding hydrogens is 421 g/mol. The maximum atomic E-state index is 13.6. The number of aromatic nitrogens is 6. The quantitative estimate of drug-likeness (QED) is 0.541. The highest BCUT2D eigenvalue weighted by molar-refractivity contribution is 5.89. The topological polar surface area (TPSA) is 111 Å². The van der Waals surface area contributed by atoms with Crippen LogP contribution in [0.15, 0.2) is 36.3 Å². The highest BCUT2D eigenvalue weighted by Gasteiger charge is 2.25. The van der Waals surface area contributed by atoms with Crippen LogP contribution in [0.2, 0.25) is 0 Å². The van der Waals surface area contributed by atoms with Crippen LogP contribution in [-0.2, 0) is 13.2 Å². The smallest absolute Gasteiger partial charge is 0.157 e. The molecule has 0 saturated heterocycles. The number of H-pyrrole nitrogens is 1. The third kappa shape index (κ3) is 4.16. The van der Waals surface area contributed by atoms with Crippen molar-refractivity contribution in [2.45, 2.75) is 52.7 Å². The number of hydrogen-bond donors (Lipinski definition) is 3. The Labute approximate surface area is 191 Å². The van der Waals surface area contributed by atoms with Crippen LogP contribution in [0, 0.1) is 19.8 Å². The number of nitrogen functional groups attached to an aromatic ring is 1. The highest BCUT2D eigenvalue weighted by atomic mass is 19.1. The first-order chi connectivity index (χ1) is 15.9. The zero-order valence-electron chi connectivity index (χ0n) is 18.8. The third-order valence-corrected chi connectivity index (χ3v) is 6.33. The summed E-state index contributed by atoms with van der Waals surface area (Å²) in [5.74, 6) is 1.44. The number of aryl methyl sites for hydroxylation is 1. The van der Waals surface area contributed by atoms with Gasteiger partial charge in [0.15, 0.2) is 5.82 Å². The predicted octanol–water partition coefficient (Wildman–Crippen LogP) is 4.20. The number of fused-ring (bicyclic) bond motifs is 1. The molecule has 0 amide bonds. The van der Waals surface area contributed by atoms with E-state index in [1.807, 2.05) is 30.7 Å². The minimum atomic E-state index is -0.113. The molecule has 33 heavy (non-hydrogen) atoms. The molecule has 0 unspecified atom stereocenters. The molecule has 2 aliphatic carbocycles. The van der Waals surface area contributed by atoms with Crippen LogP contribution >= 0.6 is 0 Å². The van der Waals surface area contributed by atoms with E-state index in [1.165, 1.54) is 18.9 Å². The largest absolute Gasteiger partial charge is 0.392 e. The summed E-state index contributed by atoms with van der Waals surface area (Å²) in [4.78, 5) is 7.95. The van der Waals surface area contributed by atoms with Crippen molar-refractivity contribution in [3.8, 4) is 5.82 Å². The summed E-state index contributed by atoms with van der Waals surface area (Å²) in [6, 6.07) is 3.64. The summed E-state index contributed by atoms with van der Waals surface area (Å²) in [5.41, 5.74) is 11.3. The number of nitrogens with two attached hydrogens (primary N) is 1. The number of allylic oxidation sites excluding steroid dienone is 4. The average molecular weight is 450 g/mol. The summed E-state index contributed by atoms with van der Waals surface area (Å²) in [7, 11) is 0. The molecule has 2 aliphatic rings. The van der Waals surface area contributed by atoms with E-state index in [0.717, 1.165) is 45.8 Å². The Bertz CT molecular complexity index is 1340. The summed E-state index contributed by atoms with van der Waals surface area (Å²) >= 11 is 0. The van der Waals surface area contributed by atoms with Gasteiger partial charge in [-0.05, 0) is 56.7 Å². The van der Waals surface area contributed by atoms with E-state index in [4.69, 9.17) is 10.8 Å². The van der Waals surface area contributed by atoms with Gasteiger partial charge in [-0.15, -0.1) is 0 Å². The number of rotatable bonds is 5. The van der Waals surface area contributed by atoms with Crippen molar-refractivity contribution in [2.24, 2.45) is 5.92 Å². The Kier molecular flexibility index (Phi) is 5.49. The predicted molar refractivity (Wildman–Crippen MR) is 126 cm³/mol. The molecular formula is C24H28FN7O.